The maximum absolute atomic E-state index is 8.45. The van der Waals surface area contributed by atoms with Gasteiger partial charge in [0.05, 0.1) is 5.69 Å². The molecule has 4 heteroatoms. The number of fused-ring (bicyclic) bond motifs is 4. The van der Waals surface area contributed by atoms with Crippen molar-refractivity contribution >= 4 is 43.5 Å². The van der Waals surface area contributed by atoms with Crippen LogP contribution >= 0.6 is 11.3 Å². The van der Waals surface area contributed by atoms with Crippen molar-refractivity contribution in [3.8, 4) is 11.3 Å². The zero-order valence-electron chi connectivity index (χ0n) is 17.4. The van der Waals surface area contributed by atoms with E-state index in [1.165, 1.54) is 0 Å². The predicted octanol–water partition coefficient (Wildman–Crippen LogP) is 6.76. The van der Waals surface area contributed by atoms with Gasteiger partial charge in [0.15, 0.2) is 0 Å². The lowest BCUT2D eigenvalue weighted by molar-refractivity contribution is 0.651. The topological polar surface area (TPSA) is 38.9 Å². The molecule has 0 bridgehead atoms. The smallest absolute Gasteiger partial charge is 0.227 e. The van der Waals surface area contributed by atoms with Crippen molar-refractivity contribution in [3.63, 3.8) is 0 Å². The molecule has 0 aliphatic rings. The van der Waals surface area contributed by atoms with Crippen LogP contribution in [0.2, 0.25) is 0 Å². The van der Waals surface area contributed by atoms with Crippen molar-refractivity contribution in [1.29, 1.82) is 0 Å². The molecule has 134 valence electrons. The van der Waals surface area contributed by atoms with Gasteiger partial charge in [0.2, 0.25) is 5.71 Å². The first kappa shape index (κ1) is 14.4. The molecular weight excluding hydrogens is 352 g/mol. The summed E-state index contributed by atoms with van der Waals surface area (Å²) in [7, 11) is 0. The molecule has 0 saturated heterocycles. The molecule has 4 heterocycles. The summed E-state index contributed by atoms with van der Waals surface area (Å²) in [6.07, 6.45) is 0.407. The maximum Gasteiger partial charge on any atom is 0.227 e. The molecule has 0 unspecified atom stereocenters. The van der Waals surface area contributed by atoms with Crippen LogP contribution in [-0.4, -0.2) is 9.97 Å². The average Bonchev–Trinajstić information content (AvgIpc) is 3.28. The van der Waals surface area contributed by atoms with Crippen molar-refractivity contribution in [2.24, 2.45) is 5.92 Å². The third-order valence-corrected chi connectivity index (χ3v) is 5.63. The van der Waals surface area contributed by atoms with Crippen LogP contribution < -0.4 is 0 Å². The Balaban J connectivity index is 1.70. The molecule has 0 spiro atoms. The second-order valence-electron chi connectivity index (χ2n) is 7.10. The average molecular weight is 375 g/mol. The van der Waals surface area contributed by atoms with Gasteiger partial charge in [0.1, 0.15) is 5.58 Å². The molecular formula is C23H20N2OS. The van der Waals surface area contributed by atoms with Crippen LogP contribution in [0, 0.1) is 12.8 Å². The van der Waals surface area contributed by atoms with Crippen LogP contribution in [0.4, 0.5) is 0 Å². The zero-order valence-corrected chi connectivity index (χ0v) is 16.2. The van der Waals surface area contributed by atoms with E-state index in [4.69, 9.17) is 7.16 Å². The number of thiophene rings is 1. The van der Waals surface area contributed by atoms with Crippen molar-refractivity contribution in [3.05, 3.63) is 59.2 Å². The molecule has 5 rings (SSSR count). The van der Waals surface area contributed by atoms with Crippen LogP contribution in [0.5, 0.6) is 0 Å². The third-order valence-electron chi connectivity index (χ3n) is 4.68. The highest BCUT2D eigenvalue weighted by Crippen LogP contribution is 2.36. The fraction of sp³-hybridized carbons (Fsp3) is 0.217. The van der Waals surface area contributed by atoms with Gasteiger partial charge in [-0.3, -0.25) is 4.98 Å². The lowest BCUT2D eigenvalue weighted by atomic mass is 10.0. The minimum Gasteiger partial charge on any atom is -0.437 e. The summed E-state index contributed by atoms with van der Waals surface area (Å²) in [6, 6.07) is 12.1. The monoisotopic (exact) mass is 374 g/mol. The first-order valence-corrected chi connectivity index (χ1v) is 9.91. The number of pyridine rings is 2. The summed E-state index contributed by atoms with van der Waals surface area (Å²) in [4.78, 5) is 9.20. The summed E-state index contributed by atoms with van der Waals surface area (Å²) in [5.74, 6) is -0.111. The van der Waals surface area contributed by atoms with Gasteiger partial charge in [0, 0.05) is 41.1 Å². The Bertz CT molecular complexity index is 1380. The molecule has 0 fully saturated rings. The minimum atomic E-state index is -1.39. The van der Waals surface area contributed by atoms with E-state index in [0.29, 0.717) is 11.3 Å². The van der Waals surface area contributed by atoms with Crippen LogP contribution in [0.25, 0.3) is 43.4 Å². The van der Waals surface area contributed by atoms with Gasteiger partial charge < -0.3 is 4.42 Å². The first-order valence-electron chi connectivity index (χ1n) is 10.0. The summed E-state index contributed by atoms with van der Waals surface area (Å²) in [6.45, 7) is 5.76. The standard InChI is InChI=1S/C23H20N2OS/c1-13(2)9-15-12-27-21-10-20(24-11-19(15)21)18-6-4-5-16-17-8-7-14(3)25-23(17)26-22(16)18/h4-8,10-13H,9H2,1-3H3/i9D2. The number of furan rings is 1. The van der Waals surface area contributed by atoms with E-state index >= 15 is 0 Å². The first-order chi connectivity index (χ1) is 13.9. The Hall–Kier alpha value is -2.72. The summed E-state index contributed by atoms with van der Waals surface area (Å²) >= 11 is 1.56. The number of benzene rings is 1. The fourth-order valence-electron chi connectivity index (χ4n) is 3.47. The Morgan fingerprint density at radius 2 is 2.04 bits per heavy atom. The Morgan fingerprint density at radius 3 is 2.89 bits per heavy atom. The van der Waals surface area contributed by atoms with Gasteiger partial charge in [-0.1, -0.05) is 26.0 Å². The molecule has 0 atom stereocenters. The van der Waals surface area contributed by atoms with Crippen molar-refractivity contribution in [2.45, 2.75) is 27.1 Å². The molecule has 4 aromatic heterocycles. The van der Waals surface area contributed by atoms with Crippen molar-refractivity contribution in [2.75, 3.05) is 0 Å². The van der Waals surface area contributed by atoms with Gasteiger partial charge in [-0.25, -0.2) is 4.98 Å². The van der Waals surface area contributed by atoms with Crippen molar-refractivity contribution < 1.29 is 7.16 Å². The second kappa shape index (κ2) is 6.17. The Kier molecular flexibility index (Phi) is 3.28. The normalized spacial score (nSPS) is 13.6. The lowest BCUT2D eigenvalue weighted by Crippen LogP contribution is -1.92. The number of hydrogen-bond donors (Lipinski definition) is 0. The van der Waals surface area contributed by atoms with E-state index < -0.39 is 6.37 Å². The fourth-order valence-corrected chi connectivity index (χ4v) is 4.37. The van der Waals surface area contributed by atoms with Crippen molar-refractivity contribution in [1.82, 2.24) is 9.97 Å². The molecule has 3 nitrogen and oxygen atoms in total. The van der Waals surface area contributed by atoms with Gasteiger partial charge in [-0.15, -0.1) is 11.3 Å². The van der Waals surface area contributed by atoms with Gasteiger partial charge in [-0.2, -0.15) is 0 Å². The molecule has 0 saturated carbocycles. The van der Waals surface area contributed by atoms with Crippen LogP contribution in [0.3, 0.4) is 0 Å². The number of rotatable bonds is 3. The van der Waals surface area contributed by atoms with Crippen LogP contribution in [0.15, 0.2) is 52.4 Å². The summed E-state index contributed by atoms with van der Waals surface area (Å²) in [5, 5.41) is 4.82. The van der Waals surface area contributed by atoms with Gasteiger partial charge in [0.25, 0.3) is 0 Å². The number of hydrogen-bond acceptors (Lipinski definition) is 4. The third kappa shape index (κ3) is 2.72. The highest BCUT2D eigenvalue weighted by atomic mass is 32.1. The molecule has 27 heavy (non-hydrogen) atoms. The Morgan fingerprint density at radius 1 is 1.15 bits per heavy atom. The number of para-hydroxylation sites is 1. The summed E-state index contributed by atoms with van der Waals surface area (Å²) in [5.41, 5.74) is 4.79. The second-order valence-corrected chi connectivity index (χ2v) is 8.02. The summed E-state index contributed by atoms with van der Waals surface area (Å²) < 4.78 is 24.0. The number of aromatic nitrogens is 2. The largest absolute Gasteiger partial charge is 0.437 e. The van der Waals surface area contributed by atoms with E-state index in [-0.39, 0.29) is 5.92 Å². The maximum atomic E-state index is 8.45. The lowest BCUT2D eigenvalue weighted by Gasteiger charge is -2.05. The number of aryl methyl sites for hydroxylation is 1. The van der Waals surface area contributed by atoms with E-state index in [1.807, 2.05) is 62.5 Å². The number of nitrogens with zero attached hydrogens (tertiary/aromatic N) is 2. The molecule has 0 amide bonds. The Labute approximate surface area is 164 Å². The van der Waals surface area contributed by atoms with Crippen LogP contribution in [0.1, 0.15) is 27.8 Å². The molecule has 0 aliphatic carbocycles. The highest BCUT2D eigenvalue weighted by molar-refractivity contribution is 7.17. The van der Waals surface area contributed by atoms with E-state index in [9.17, 15) is 0 Å². The van der Waals surface area contributed by atoms with Gasteiger partial charge in [-0.05, 0) is 54.4 Å². The molecule has 0 aliphatic heterocycles. The minimum absolute atomic E-state index is 0.111. The molecule has 5 aromatic rings. The predicted molar refractivity (Wildman–Crippen MR) is 113 cm³/mol. The van der Waals surface area contributed by atoms with E-state index in [0.717, 1.165) is 43.4 Å². The van der Waals surface area contributed by atoms with E-state index in [2.05, 4.69) is 9.97 Å². The zero-order chi connectivity index (χ0) is 20.3. The highest BCUT2D eigenvalue weighted by Gasteiger charge is 2.15. The van der Waals surface area contributed by atoms with Gasteiger partial charge >= 0.3 is 0 Å². The molecule has 1 aromatic carbocycles. The molecule has 0 N–H and O–H groups in total. The SMILES string of the molecule is [2H]C([2H])(c1csc2cc(-c3cccc4c3oc3nc(C)ccc34)ncc12)C(C)C. The van der Waals surface area contributed by atoms with E-state index in [1.54, 1.807) is 17.5 Å². The van der Waals surface area contributed by atoms with Crippen LogP contribution in [-0.2, 0) is 6.37 Å². The quantitative estimate of drug-likeness (QED) is 0.350. The molecule has 0 radical (unpaired) electrons.